The van der Waals surface area contributed by atoms with Gasteiger partial charge in [0.25, 0.3) is 0 Å². The lowest BCUT2D eigenvalue weighted by atomic mass is 10.0. The van der Waals surface area contributed by atoms with Gasteiger partial charge >= 0.3 is 5.97 Å². The van der Waals surface area contributed by atoms with Gasteiger partial charge in [0.05, 0.1) is 25.4 Å². The predicted octanol–water partition coefficient (Wildman–Crippen LogP) is 22.1. The zero-order valence-electron chi connectivity index (χ0n) is 51.5. The Kier molecular flexibility index (Phi) is 64.4. The molecule has 450 valence electrons. The highest BCUT2D eigenvalue weighted by molar-refractivity contribution is 5.76. The molecule has 0 spiro atoms. The van der Waals surface area contributed by atoms with Crippen LogP contribution >= 0.6 is 0 Å². The van der Waals surface area contributed by atoms with Crippen LogP contribution in [0.3, 0.4) is 0 Å². The summed E-state index contributed by atoms with van der Waals surface area (Å²) in [5.41, 5.74) is 0. The molecular formula is C70H135NO5. The van der Waals surface area contributed by atoms with Gasteiger partial charge in [-0.3, -0.25) is 9.59 Å². The van der Waals surface area contributed by atoms with Crippen LogP contribution in [0.25, 0.3) is 0 Å². The fraction of sp³-hybridized carbons (Fsp3) is 0.914. The van der Waals surface area contributed by atoms with E-state index in [0.29, 0.717) is 25.9 Å². The van der Waals surface area contributed by atoms with E-state index in [-0.39, 0.29) is 18.5 Å². The summed E-state index contributed by atoms with van der Waals surface area (Å²) in [5, 5.41) is 23.3. The van der Waals surface area contributed by atoms with Gasteiger partial charge in [-0.1, -0.05) is 321 Å². The van der Waals surface area contributed by atoms with E-state index >= 15 is 0 Å². The molecule has 2 unspecified atom stereocenters. The third kappa shape index (κ3) is 61.6. The van der Waals surface area contributed by atoms with Crippen molar-refractivity contribution in [2.45, 2.75) is 398 Å². The molecule has 0 fully saturated rings. The first-order valence-corrected chi connectivity index (χ1v) is 34.6. The number of carbonyl (C=O) groups excluding carboxylic acids is 2. The molecule has 0 aromatic carbocycles. The second-order valence-electron chi connectivity index (χ2n) is 23.9. The SMILES string of the molecule is CCCCCCCCC/C=C\CCCCCCCC(=O)OCCCCCCCCCCCCCC/C=C\CCCCCCCCCCCCCCCCC(=O)NC(CO)C(O)CCCCCCCCCCCCCCC. The fourth-order valence-electron chi connectivity index (χ4n) is 10.9. The van der Waals surface area contributed by atoms with Crippen LogP contribution in [0.15, 0.2) is 24.3 Å². The predicted molar refractivity (Wildman–Crippen MR) is 333 cm³/mol. The van der Waals surface area contributed by atoms with Gasteiger partial charge in [0.2, 0.25) is 5.91 Å². The Morgan fingerprint density at radius 3 is 0.934 bits per heavy atom. The molecule has 0 aliphatic heterocycles. The van der Waals surface area contributed by atoms with Crippen molar-refractivity contribution in [1.82, 2.24) is 5.32 Å². The Bertz CT molecular complexity index is 1190. The average molecular weight is 1070 g/mol. The number of hydrogen-bond acceptors (Lipinski definition) is 5. The summed E-state index contributed by atoms with van der Waals surface area (Å²) < 4.78 is 5.49. The van der Waals surface area contributed by atoms with Gasteiger partial charge in [0, 0.05) is 12.8 Å². The minimum atomic E-state index is -0.662. The average Bonchev–Trinajstić information content (AvgIpc) is 3.42. The number of hydrogen-bond donors (Lipinski definition) is 3. The number of esters is 1. The largest absolute Gasteiger partial charge is 0.466 e. The van der Waals surface area contributed by atoms with Crippen LogP contribution in [-0.2, 0) is 14.3 Å². The summed E-state index contributed by atoms with van der Waals surface area (Å²) in [6.45, 7) is 4.97. The molecule has 2 atom stereocenters. The topological polar surface area (TPSA) is 95.9 Å². The second-order valence-corrected chi connectivity index (χ2v) is 23.9. The molecule has 0 aliphatic carbocycles. The summed E-state index contributed by atoms with van der Waals surface area (Å²) in [6.07, 6.45) is 82.3. The molecule has 1 amide bonds. The Morgan fingerprint density at radius 1 is 0.355 bits per heavy atom. The van der Waals surface area contributed by atoms with Gasteiger partial charge in [-0.15, -0.1) is 0 Å². The van der Waals surface area contributed by atoms with E-state index < -0.39 is 12.1 Å². The standard InChI is InChI=1S/C70H135NO5/c1-3-5-7-9-11-13-15-17-18-36-40-44-48-52-56-60-64-70(75)76-65-61-57-53-49-45-41-37-34-32-30-28-26-24-22-20-19-21-23-25-27-29-31-33-35-39-43-47-51-55-59-63-69(74)71-67(66-72)68(73)62-58-54-50-46-42-38-16-14-12-10-8-6-4-2/h18,20,22,36,67-68,72-73H,3-17,19,21,23-35,37-66H2,1-2H3,(H,71,74)/b22-20-,36-18-. The number of rotatable bonds is 65. The molecule has 6 nitrogen and oxygen atoms in total. The molecule has 0 rings (SSSR count). The van der Waals surface area contributed by atoms with Crippen molar-refractivity contribution >= 4 is 11.9 Å². The van der Waals surface area contributed by atoms with Crippen molar-refractivity contribution in [3.63, 3.8) is 0 Å². The van der Waals surface area contributed by atoms with Crippen LogP contribution in [0, 0.1) is 0 Å². The maximum Gasteiger partial charge on any atom is 0.305 e. The Hall–Kier alpha value is -1.66. The molecule has 6 heteroatoms. The molecule has 0 heterocycles. The lowest BCUT2D eigenvalue weighted by Crippen LogP contribution is -2.45. The Morgan fingerprint density at radius 2 is 0.618 bits per heavy atom. The number of nitrogens with one attached hydrogen (secondary N) is 1. The first kappa shape index (κ1) is 74.3. The van der Waals surface area contributed by atoms with Crippen LogP contribution in [0.5, 0.6) is 0 Å². The summed E-state index contributed by atoms with van der Waals surface area (Å²) in [4.78, 5) is 24.6. The van der Waals surface area contributed by atoms with E-state index in [9.17, 15) is 19.8 Å². The third-order valence-electron chi connectivity index (χ3n) is 16.2. The van der Waals surface area contributed by atoms with E-state index in [1.54, 1.807) is 0 Å². The van der Waals surface area contributed by atoms with Crippen LogP contribution in [0.2, 0.25) is 0 Å². The van der Waals surface area contributed by atoms with Gasteiger partial charge in [-0.2, -0.15) is 0 Å². The molecule has 3 N–H and O–H groups in total. The zero-order chi connectivity index (χ0) is 55.0. The lowest BCUT2D eigenvalue weighted by molar-refractivity contribution is -0.143. The first-order valence-electron chi connectivity index (χ1n) is 34.6. The van der Waals surface area contributed by atoms with Crippen molar-refractivity contribution in [3.05, 3.63) is 24.3 Å². The van der Waals surface area contributed by atoms with E-state index in [4.69, 9.17) is 4.74 Å². The minimum Gasteiger partial charge on any atom is -0.466 e. The maximum absolute atomic E-state index is 12.5. The van der Waals surface area contributed by atoms with Crippen LogP contribution in [-0.4, -0.2) is 47.4 Å². The van der Waals surface area contributed by atoms with Crippen molar-refractivity contribution in [3.8, 4) is 0 Å². The van der Waals surface area contributed by atoms with Gasteiger partial charge in [0.1, 0.15) is 0 Å². The number of ether oxygens (including phenoxy) is 1. The Labute approximate surface area is 475 Å². The van der Waals surface area contributed by atoms with Gasteiger partial charge in [-0.25, -0.2) is 0 Å². The number of allylic oxidation sites excluding steroid dienone is 4. The molecule has 0 saturated heterocycles. The van der Waals surface area contributed by atoms with Gasteiger partial charge in [0.15, 0.2) is 0 Å². The monoisotopic (exact) mass is 1070 g/mol. The summed E-state index contributed by atoms with van der Waals surface area (Å²) >= 11 is 0. The summed E-state index contributed by atoms with van der Waals surface area (Å²) in [7, 11) is 0. The fourth-order valence-corrected chi connectivity index (χ4v) is 10.9. The van der Waals surface area contributed by atoms with Gasteiger partial charge in [-0.05, 0) is 77.0 Å². The quantitative estimate of drug-likeness (QED) is 0.0320. The normalized spacial score (nSPS) is 12.6. The number of aliphatic hydroxyl groups excluding tert-OH is 2. The number of aliphatic hydroxyl groups is 2. The smallest absolute Gasteiger partial charge is 0.305 e. The van der Waals surface area contributed by atoms with Crippen LogP contribution in [0.1, 0.15) is 386 Å². The van der Waals surface area contributed by atoms with Gasteiger partial charge < -0.3 is 20.3 Å². The van der Waals surface area contributed by atoms with E-state index in [2.05, 4.69) is 43.5 Å². The number of carbonyl (C=O) groups is 2. The first-order chi connectivity index (χ1) is 37.5. The summed E-state index contributed by atoms with van der Waals surface area (Å²) in [6, 6.07) is -0.539. The molecule has 0 radical (unpaired) electrons. The second kappa shape index (κ2) is 65.9. The van der Waals surface area contributed by atoms with Crippen molar-refractivity contribution in [1.29, 1.82) is 0 Å². The third-order valence-corrected chi connectivity index (χ3v) is 16.2. The summed E-state index contributed by atoms with van der Waals surface area (Å²) in [5.74, 6) is -0.0214. The van der Waals surface area contributed by atoms with Crippen molar-refractivity contribution in [2.75, 3.05) is 13.2 Å². The van der Waals surface area contributed by atoms with E-state index in [0.717, 1.165) is 44.9 Å². The molecule has 0 bridgehead atoms. The lowest BCUT2D eigenvalue weighted by Gasteiger charge is -2.22. The highest BCUT2D eigenvalue weighted by atomic mass is 16.5. The van der Waals surface area contributed by atoms with Crippen molar-refractivity contribution < 1.29 is 24.5 Å². The molecule has 0 aromatic rings. The van der Waals surface area contributed by atoms with Crippen LogP contribution < -0.4 is 5.32 Å². The highest BCUT2D eigenvalue weighted by Crippen LogP contribution is 2.18. The molecule has 0 aromatic heterocycles. The molecule has 0 aliphatic rings. The van der Waals surface area contributed by atoms with Crippen molar-refractivity contribution in [2.24, 2.45) is 0 Å². The van der Waals surface area contributed by atoms with Crippen LogP contribution in [0.4, 0.5) is 0 Å². The molecule has 76 heavy (non-hydrogen) atoms. The minimum absolute atomic E-state index is 0.0103. The Balaban J connectivity index is 3.35. The zero-order valence-corrected chi connectivity index (χ0v) is 51.5. The van der Waals surface area contributed by atoms with E-state index in [1.807, 2.05) is 0 Å². The number of unbranched alkanes of at least 4 members (excludes halogenated alkanes) is 50. The highest BCUT2D eigenvalue weighted by Gasteiger charge is 2.20. The maximum atomic E-state index is 12.5. The molecule has 0 saturated carbocycles. The van der Waals surface area contributed by atoms with E-state index in [1.165, 1.54) is 308 Å². The molecular weight excluding hydrogens is 935 g/mol. The number of amides is 1.